The molecule has 148 valence electrons. The predicted octanol–water partition coefficient (Wildman–Crippen LogP) is 2.53. The number of rotatable bonds is 3. The van der Waals surface area contributed by atoms with Crippen LogP contribution >= 0.6 is 0 Å². The molecule has 3 heterocycles. The summed E-state index contributed by atoms with van der Waals surface area (Å²) < 4.78 is 4.72. The zero-order chi connectivity index (χ0) is 20.3. The Morgan fingerprint density at radius 3 is 1.96 bits per heavy atom. The van der Waals surface area contributed by atoms with Gasteiger partial charge in [0.1, 0.15) is 0 Å². The zero-order valence-corrected chi connectivity index (χ0v) is 15.8. The molecule has 0 radical (unpaired) electrons. The fraction of sp³-hybridized carbons (Fsp3) is 0.400. The summed E-state index contributed by atoms with van der Waals surface area (Å²) in [7, 11) is 0. The topological polar surface area (TPSA) is 111 Å². The highest BCUT2D eigenvalue weighted by atomic mass is 16.5. The number of carboxylic acids is 1. The van der Waals surface area contributed by atoms with Crippen molar-refractivity contribution in [1.82, 2.24) is 4.98 Å². The van der Waals surface area contributed by atoms with Gasteiger partial charge in [0, 0.05) is 37.4 Å². The molecule has 0 saturated carbocycles. The fourth-order valence-corrected chi connectivity index (χ4v) is 1.65. The summed E-state index contributed by atoms with van der Waals surface area (Å²) in [4.78, 5) is 26.7. The summed E-state index contributed by atoms with van der Waals surface area (Å²) in [5.41, 5.74) is 0. The number of aliphatic hydroxyl groups is 1. The van der Waals surface area contributed by atoms with Gasteiger partial charge in [0.15, 0.2) is 12.4 Å². The van der Waals surface area contributed by atoms with Crippen molar-refractivity contribution in [2.45, 2.75) is 51.7 Å². The predicted molar refractivity (Wildman–Crippen MR) is 101 cm³/mol. The van der Waals surface area contributed by atoms with E-state index in [4.69, 9.17) is 14.9 Å². The number of esters is 1. The summed E-state index contributed by atoms with van der Waals surface area (Å²) in [6.45, 7) is 3.48. The van der Waals surface area contributed by atoms with Gasteiger partial charge in [-0.15, -0.1) is 0 Å². The average Bonchev–Trinajstić information content (AvgIpc) is 3.07. The van der Waals surface area contributed by atoms with Crippen LogP contribution in [-0.4, -0.2) is 39.3 Å². The largest absolute Gasteiger partial charge is 0.481 e. The summed E-state index contributed by atoms with van der Waals surface area (Å²) in [6, 6.07) is 11.6. The number of aliphatic carboxylic acids is 1. The van der Waals surface area contributed by atoms with Crippen LogP contribution in [0.15, 0.2) is 61.2 Å². The number of cyclic esters (lactones) is 1. The molecule has 3 rings (SSSR count). The number of hydrogen-bond acceptors (Lipinski definition) is 5. The Morgan fingerprint density at radius 2 is 1.81 bits per heavy atom. The van der Waals surface area contributed by atoms with Crippen molar-refractivity contribution in [2.24, 2.45) is 0 Å². The van der Waals surface area contributed by atoms with Crippen LogP contribution in [0.3, 0.4) is 0 Å². The molecular weight excluding hydrogens is 348 g/mol. The molecule has 1 aliphatic heterocycles. The Labute approximate surface area is 160 Å². The van der Waals surface area contributed by atoms with Crippen LogP contribution in [0.1, 0.15) is 39.5 Å². The number of aromatic nitrogens is 2. The van der Waals surface area contributed by atoms with Gasteiger partial charge in [0.2, 0.25) is 0 Å². The van der Waals surface area contributed by atoms with Crippen LogP contribution in [-0.2, 0) is 14.3 Å². The summed E-state index contributed by atoms with van der Waals surface area (Å²) in [6.07, 6.45) is 8.84. The number of carbonyl (C=O) groups is 2. The maximum absolute atomic E-state index is 10.2. The third-order valence-electron chi connectivity index (χ3n) is 3.04. The van der Waals surface area contributed by atoms with Crippen LogP contribution in [0.2, 0.25) is 0 Å². The van der Waals surface area contributed by atoms with Gasteiger partial charge < -0.3 is 14.9 Å². The molecule has 0 amide bonds. The lowest BCUT2D eigenvalue weighted by Crippen LogP contribution is -2.03. The van der Waals surface area contributed by atoms with Crippen molar-refractivity contribution in [3.05, 3.63) is 61.2 Å². The van der Waals surface area contributed by atoms with E-state index >= 15 is 0 Å². The van der Waals surface area contributed by atoms with E-state index in [-0.39, 0.29) is 18.5 Å². The average molecular weight is 377 g/mol. The monoisotopic (exact) mass is 377 g/mol. The van der Waals surface area contributed by atoms with Crippen molar-refractivity contribution >= 4 is 11.9 Å². The lowest BCUT2D eigenvalue weighted by Gasteiger charge is -1.97. The van der Waals surface area contributed by atoms with Gasteiger partial charge in [-0.05, 0) is 38.8 Å². The molecule has 3 N–H and O–H groups in total. The van der Waals surface area contributed by atoms with Crippen molar-refractivity contribution < 1.29 is 29.5 Å². The third kappa shape index (κ3) is 19.4. The van der Waals surface area contributed by atoms with Gasteiger partial charge >= 0.3 is 11.9 Å². The molecule has 1 saturated heterocycles. The highest BCUT2D eigenvalue weighted by Crippen LogP contribution is 2.11. The van der Waals surface area contributed by atoms with Crippen LogP contribution in [0.4, 0.5) is 0 Å². The summed E-state index contributed by atoms with van der Waals surface area (Å²) in [5.74, 6) is -0.904. The molecule has 0 aliphatic carbocycles. The molecule has 7 heteroatoms. The number of aromatic amines is 1. The highest BCUT2D eigenvalue weighted by molar-refractivity contribution is 5.71. The Hall–Kier alpha value is -2.80. The van der Waals surface area contributed by atoms with Gasteiger partial charge in [-0.3, -0.25) is 14.6 Å². The van der Waals surface area contributed by atoms with Gasteiger partial charge in [-0.25, -0.2) is 4.98 Å². The Kier molecular flexibility index (Phi) is 14.9. The molecule has 27 heavy (non-hydrogen) atoms. The quantitative estimate of drug-likeness (QED) is 0.795. The van der Waals surface area contributed by atoms with E-state index in [1.54, 1.807) is 19.3 Å². The van der Waals surface area contributed by atoms with Crippen LogP contribution in [0.5, 0.6) is 0 Å². The van der Waals surface area contributed by atoms with Crippen molar-refractivity contribution in [1.29, 1.82) is 0 Å². The van der Waals surface area contributed by atoms with Gasteiger partial charge in [-0.1, -0.05) is 12.1 Å². The smallest absolute Gasteiger partial charge is 0.306 e. The minimum atomic E-state index is -0.856. The second kappa shape index (κ2) is 16.7. The summed E-state index contributed by atoms with van der Waals surface area (Å²) in [5, 5.41) is 16.6. The first-order valence-electron chi connectivity index (χ1n) is 8.77. The third-order valence-corrected chi connectivity index (χ3v) is 3.04. The number of carboxylic acid groups (broad SMARTS) is 1. The zero-order valence-electron chi connectivity index (χ0n) is 15.8. The molecule has 7 nitrogen and oxygen atoms in total. The summed E-state index contributed by atoms with van der Waals surface area (Å²) >= 11 is 0. The van der Waals surface area contributed by atoms with Crippen molar-refractivity contribution in [3.63, 3.8) is 0 Å². The maximum atomic E-state index is 10.2. The number of H-pyrrole nitrogens is 1. The second-order valence-electron chi connectivity index (χ2n) is 5.72. The standard InChI is InChI=1S/2C5H5N.C5H10O3.C5H8O2/c2*1-2-4-6-5-3-1;1-4(6)2-3-5(7)8;1-4-2-3-5(6)7-4/h2*1-5H;4,6H,2-3H2,1H3,(H,7,8);4H,2-3H2,1H3/p+1. The normalized spacial score (nSPS) is 15.4. The molecule has 1 aliphatic rings. The van der Waals surface area contributed by atoms with E-state index in [2.05, 4.69) is 9.97 Å². The lowest BCUT2D eigenvalue weighted by molar-refractivity contribution is -0.377. The van der Waals surface area contributed by atoms with E-state index in [1.165, 1.54) is 0 Å². The van der Waals surface area contributed by atoms with Crippen LogP contribution in [0, 0.1) is 0 Å². The highest BCUT2D eigenvalue weighted by Gasteiger charge is 2.17. The number of aliphatic hydroxyl groups excluding tert-OH is 1. The first kappa shape index (κ1) is 24.2. The SMILES string of the molecule is CC(O)CCC(=O)O.CC1CCC(=O)O1.c1cc[nH+]cc1.c1ccncc1. The van der Waals surface area contributed by atoms with E-state index in [0.717, 1.165) is 6.42 Å². The Bertz CT molecular complexity index is 509. The number of pyridine rings is 2. The number of ether oxygens (including phenoxy) is 1. The molecule has 0 bridgehead atoms. The first-order valence-corrected chi connectivity index (χ1v) is 8.77. The number of hydrogen-bond donors (Lipinski definition) is 2. The maximum Gasteiger partial charge on any atom is 0.306 e. The van der Waals surface area contributed by atoms with E-state index in [1.807, 2.05) is 55.7 Å². The van der Waals surface area contributed by atoms with Gasteiger partial charge in [-0.2, -0.15) is 0 Å². The van der Waals surface area contributed by atoms with Gasteiger partial charge in [0.25, 0.3) is 0 Å². The van der Waals surface area contributed by atoms with Gasteiger partial charge in [0.05, 0.1) is 12.2 Å². The molecule has 2 aromatic rings. The fourth-order valence-electron chi connectivity index (χ4n) is 1.65. The molecular formula is C20H29N2O5+. The second-order valence-corrected chi connectivity index (χ2v) is 5.72. The minimum Gasteiger partial charge on any atom is -0.481 e. The minimum absolute atomic E-state index is 0.0486. The van der Waals surface area contributed by atoms with Crippen LogP contribution in [0.25, 0.3) is 0 Å². The van der Waals surface area contributed by atoms with E-state index in [9.17, 15) is 9.59 Å². The van der Waals surface area contributed by atoms with Crippen molar-refractivity contribution in [3.8, 4) is 0 Å². The molecule has 2 aromatic heterocycles. The van der Waals surface area contributed by atoms with E-state index < -0.39 is 12.1 Å². The van der Waals surface area contributed by atoms with Crippen molar-refractivity contribution in [2.75, 3.05) is 0 Å². The van der Waals surface area contributed by atoms with Crippen LogP contribution < -0.4 is 4.98 Å². The molecule has 1 fully saturated rings. The number of carbonyl (C=O) groups excluding carboxylic acids is 1. The van der Waals surface area contributed by atoms with E-state index in [0.29, 0.717) is 12.8 Å². The first-order chi connectivity index (χ1) is 12.9. The Morgan fingerprint density at radius 1 is 1.22 bits per heavy atom. The molecule has 0 aromatic carbocycles. The Balaban J connectivity index is 0.000000335. The lowest BCUT2D eigenvalue weighted by atomic mass is 10.2. The molecule has 0 spiro atoms. The molecule has 2 unspecified atom stereocenters. The molecule has 2 atom stereocenters. The number of nitrogens with one attached hydrogen (secondary N) is 1. The number of nitrogens with zero attached hydrogens (tertiary/aromatic N) is 1.